The summed E-state index contributed by atoms with van der Waals surface area (Å²) in [5.74, 6) is -1.72. The van der Waals surface area contributed by atoms with E-state index in [-0.39, 0.29) is 22.9 Å². The highest BCUT2D eigenvalue weighted by atomic mass is 16.5. The average molecular weight is 434 g/mol. The summed E-state index contributed by atoms with van der Waals surface area (Å²) in [7, 11) is 0. The van der Waals surface area contributed by atoms with Gasteiger partial charge in [-0.15, -0.1) is 0 Å². The van der Waals surface area contributed by atoms with Crippen molar-refractivity contribution >= 4 is 11.6 Å². The van der Waals surface area contributed by atoms with Crippen molar-refractivity contribution in [1.82, 2.24) is 0 Å². The SMILES string of the molecule is O=C1c2ccccc2O[C@H](c2ccccc2)[C@H]1[C@@H](C(=O)c1ccccc1O)c1ccccc1. The van der Waals surface area contributed by atoms with E-state index in [1.54, 1.807) is 36.4 Å². The van der Waals surface area contributed by atoms with Crippen LogP contribution in [0.3, 0.4) is 0 Å². The number of hydrogen-bond acceptors (Lipinski definition) is 4. The van der Waals surface area contributed by atoms with E-state index in [0.717, 1.165) is 5.56 Å². The third-order valence-electron chi connectivity index (χ3n) is 6.13. The Hall–Kier alpha value is -4.18. The fourth-order valence-corrected chi connectivity index (χ4v) is 4.58. The fraction of sp³-hybridized carbons (Fsp3) is 0.103. The molecule has 3 atom stereocenters. The molecule has 0 saturated heterocycles. The topological polar surface area (TPSA) is 63.6 Å². The minimum Gasteiger partial charge on any atom is -0.507 e. The zero-order valence-corrected chi connectivity index (χ0v) is 17.8. The van der Waals surface area contributed by atoms with Crippen LogP contribution in [0, 0.1) is 5.92 Å². The molecule has 0 aliphatic carbocycles. The largest absolute Gasteiger partial charge is 0.507 e. The van der Waals surface area contributed by atoms with E-state index in [1.165, 1.54) is 6.07 Å². The zero-order valence-electron chi connectivity index (χ0n) is 17.8. The highest BCUT2D eigenvalue weighted by molar-refractivity contribution is 6.10. The van der Waals surface area contributed by atoms with Gasteiger partial charge in [0.25, 0.3) is 0 Å². The van der Waals surface area contributed by atoms with Crippen LogP contribution in [0.1, 0.15) is 43.9 Å². The van der Waals surface area contributed by atoms with Gasteiger partial charge in [-0.25, -0.2) is 0 Å². The number of ether oxygens (including phenoxy) is 1. The van der Waals surface area contributed by atoms with Crippen LogP contribution in [0.4, 0.5) is 0 Å². The minimum atomic E-state index is -0.842. The molecule has 162 valence electrons. The van der Waals surface area contributed by atoms with E-state index in [2.05, 4.69) is 0 Å². The molecule has 1 aliphatic heterocycles. The number of fused-ring (bicyclic) bond motifs is 1. The minimum absolute atomic E-state index is 0.107. The highest BCUT2D eigenvalue weighted by Crippen LogP contribution is 2.46. The van der Waals surface area contributed by atoms with Crippen molar-refractivity contribution in [2.75, 3.05) is 0 Å². The van der Waals surface area contributed by atoms with Crippen LogP contribution in [-0.4, -0.2) is 16.7 Å². The Morgan fingerprint density at radius 2 is 1.36 bits per heavy atom. The normalized spacial score (nSPS) is 18.1. The van der Waals surface area contributed by atoms with Crippen molar-refractivity contribution in [3.05, 3.63) is 131 Å². The van der Waals surface area contributed by atoms with Crippen molar-refractivity contribution < 1.29 is 19.4 Å². The van der Waals surface area contributed by atoms with Gasteiger partial charge in [0.1, 0.15) is 17.6 Å². The lowest BCUT2D eigenvalue weighted by Gasteiger charge is -2.37. The number of carbonyl (C=O) groups is 2. The summed E-state index contributed by atoms with van der Waals surface area (Å²) < 4.78 is 6.38. The van der Waals surface area contributed by atoms with Crippen molar-refractivity contribution in [3.63, 3.8) is 0 Å². The fourth-order valence-electron chi connectivity index (χ4n) is 4.58. The molecule has 0 unspecified atom stereocenters. The second-order valence-electron chi connectivity index (χ2n) is 8.11. The van der Waals surface area contributed by atoms with Gasteiger partial charge < -0.3 is 9.84 Å². The van der Waals surface area contributed by atoms with Crippen LogP contribution < -0.4 is 4.74 Å². The Bertz CT molecular complexity index is 1300. The number of Topliss-reactive ketones (excluding diaryl/α,β-unsaturated/α-hetero) is 2. The van der Waals surface area contributed by atoms with E-state index in [9.17, 15) is 14.7 Å². The molecule has 0 amide bonds. The second-order valence-corrected chi connectivity index (χ2v) is 8.11. The molecular weight excluding hydrogens is 412 g/mol. The smallest absolute Gasteiger partial charge is 0.174 e. The lowest BCUT2D eigenvalue weighted by atomic mass is 9.71. The highest BCUT2D eigenvalue weighted by Gasteiger charge is 2.46. The summed E-state index contributed by atoms with van der Waals surface area (Å²) >= 11 is 0. The molecule has 0 spiro atoms. The van der Waals surface area contributed by atoms with E-state index in [4.69, 9.17) is 4.74 Å². The molecule has 4 aromatic rings. The number of phenols is 1. The Kier molecular flexibility index (Phi) is 5.49. The molecule has 33 heavy (non-hydrogen) atoms. The Balaban J connectivity index is 1.71. The molecule has 0 aromatic heterocycles. The van der Waals surface area contributed by atoms with E-state index >= 15 is 0 Å². The van der Waals surface area contributed by atoms with Gasteiger partial charge in [-0.2, -0.15) is 0 Å². The summed E-state index contributed by atoms with van der Waals surface area (Å²) in [6.07, 6.45) is -0.659. The molecule has 1 heterocycles. The predicted molar refractivity (Wildman–Crippen MR) is 126 cm³/mol. The molecule has 0 bridgehead atoms. The van der Waals surface area contributed by atoms with Crippen LogP contribution in [-0.2, 0) is 0 Å². The first kappa shape index (κ1) is 20.7. The molecule has 0 radical (unpaired) electrons. The number of benzene rings is 4. The third kappa shape index (κ3) is 3.80. The van der Waals surface area contributed by atoms with E-state index in [0.29, 0.717) is 16.9 Å². The molecule has 5 rings (SSSR count). The van der Waals surface area contributed by atoms with Crippen LogP contribution in [0.25, 0.3) is 0 Å². The van der Waals surface area contributed by atoms with Gasteiger partial charge in [-0.1, -0.05) is 84.9 Å². The maximum absolute atomic E-state index is 13.9. The van der Waals surface area contributed by atoms with Gasteiger partial charge in [0.15, 0.2) is 11.6 Å². The monoisotopic (exact) mass is 434 g/mol. The Labute approximate surface area is 192 Å². The summed E-state index contributed by atoms with van der Waals surface area (Å²) in [5, 5.41) is 10.4. The maximum Gasteiger partial charge on any atom is 0.174 e. The quantitative estimate of drug-likeness (QED) is 0.392. The lowest BCUT2D eigenvalue weighted by Crippen LogP contribution is -2.39. The summed E-state index contributed by atoms with van der Waals surface area (Å²) in [6, 6.07) is 32.3. The van der Waals surface area contributed by atoms with Gasteiger partial charge in [0.2, 0.25) is 0 Å². The van der Waals surface area contributed by atoms with E-state index < -0.39 is 17.9 Å². The lowest BCUT2D eigenvalue weighted by molar-refractivity contribution is 0.0548. The van der Waals surface area contributed by atoms with Crippen LogP contribution >= 0.6 is 0 Å². The van der Waals surface area contributed by atoms with Crippen molar-refractivity contribution in [3.8, 4) is 11.5 Å². The number of rotatable bonds is 5. The Morgan fingerprint density at radius 3 is 2.09 bits per heavy atom. The van der Waals surface area contributed by atoms with Crippen molar-refractivity contribution in [2.45, 2.75) is 12.0 Å². The summed E-state index contributed by atoms with van der Waals surface area (Å²) in [4.78, 5) is 27.9. The van der Waals surface area contributed by atoms with Crippen molar-refractivity contribution in [2.24, 2.45) is 5.92 Å². The van der Waals surface area contributed by atoms with Crippen molar-refractivity contribution in [1.29, 1.82) is 0 Å². The molecule has 0 fully saturated rings. The summed E-state index contributed by atoms with van der Waals surface area (Å²) in [6.45, 7) is 0. The first-order chi connectivity index (χ1) is 16.1. The molecule has 1 N–H and O–H groups in total. The first-order valence-electron chi connectivity index (χ1n) is 10.9. The van der Waals surface area contributed by atoms with Gasteiger partial charge in [-0.3, -0.25) is 9.59 Å². The zero-order chi connectivity index (χ0) is 22.8. The van der Waals surface area contributed by atoms with Crippen LogP contribution in [0.5, 0.6) is 11.5 Å². The van der Waals surface area contributed by atoms with Gasteiger partial charge in [0.05, 0.1) is 23.0 Å². The second kappa shape index (κ2) is 8.75. The van der Waals surface area contributed by atoms with Gasteiger partial charge >= 0.3 is 0 Å². The molecule has 4 heteroatoms. The number of ketones is 2. The molecule has 4 aromatic carbocycles. The number of phenolic OH excluding ortho intramolecular Hbond substituents is 1. The Morgan fingerprint density at radius 1 is 0.758 bits per heavy atom. The van der Waals surface area contributed by atoms with Crippen LogP contribution in [0.15, 0.2) is 109 Å². The number of para-hydroxylation sites is 2. The molecule has 0 saturated carbocycles. The average Bonchev–Trinajstić information content (AvgIpc) is 2.87. The van der Waals surface area contributed by atoms with Crippen LogP contribution in [0.2, 0.25) is 0 Å². The number of hydrogen-bond donors (Lipinski definition) is 1. The maximum atomic E-state index is 13.9. The van der Waals surface area contributed by atoms with E-state index in [1.807, 2.05) is 66.7 Å². The molecule has 4 nitrogen and oxygen atoms in total. The molecular formula is C29H22O4. The predicted octanol–water partition coefficient (Wildman–Crippen LogP) is 5.99. The van der Waals surface area contributed by atoms with Gasteiger partial charge in [-0.05, 0) is 35.4 Å². The van der Waals surface area contributed by atoms with Gasteiger partial charge in [0, 0.05) is 0 Å². The first-order valence-corrected chi connectivity index (χ1v) is 10.9. The molecule has 1 aliphatic rings. The number of aromatic hydroxyl groups is 1. The number of carbonyl (C=O) groups excluding carboxylic acids is 2. The third-order valence-corrected chi connectivity index (χ3v) is 6.13. The standard InChI is InChI=1S/C29H22O4/c30-23-17-9-7-15-21(23)27(31)25(19-11-3-1-4-12-19)26-28(32)22-16-8-10-18-24(22)33-29(26)20-13-5-2-6-14-20/h1-18,25-26,29-30H/t25-,26-,29+/m0/s1. The summed E-state index contributed by atoms with van der Waals surface area (Å²) in [5.41, 5.74) is 2.16.